The van der Waals surface area contributed by atoms with Gasteiger partial charge in [-0.15, -0.1) is 19.0 Å². The first-order valence-electron chi connectivity index (χ1n) is 4.02. The van der Waals surface area contributed by atoms with Crippen molar-refractivity contribution >= 4 is 12.4 Å². The molecule has 0 amide bonds. The van der Waals surface area contributed by atoms with Crippen molar-refractivity contribution in [2.45, 2.75) is 13.8 Å². The molecule has 0 aromatic rings. The number of nitrogens with zero attached hydrogens (tertiary/aromatic N) is 1. The maximum absolute atomic E-state index is 4.83. The van der Waals surface area contributed by atoms with Crippen LogP contribution in [0.1, 0.15) is 13.8 Å². The smallest absolute Gasteiger partial charge is 0.0437 e. The molecule has 0 saturated heterocycles. The molecule has 0 aliphatic heterocycles. The van der Waals surface area contributed by atoms with E-state index in [1.54, 1.807) is 0 Å². The summed E-state index contributed by atoms with van der Waals surface area (Å²) in [6, 6.07) is 0. The summed E-state index contributed by atoms with van der Waals surface area (Å²) in [5.41, 5.74) is 0. The highest BCUT2D eigenvalue weighted by Crippen LogP contribution is 1.69. The Morgan fingerprint density at radius 3 is 1.67 bits per heavy atom. The van der Waals surface area contributed by atoms with Crippen LogP contribution in [0.5, 0.6) is 0 Å². The fourth-order valence-corrected chi connectivity index (χ4v) is 0.462. The predicted octanol–water partition coefficient (Wildman–Crippen LogP) is 2.20. The molecule has 0 heterocycles. The highest BCUT2D eigenvalue weighted by atomic mass is 35.5. The van der Waals surface area contributed by atoms with Gasteiger partial charge in [0.2, 0.25) is 0 Å². The number of hydrogen-bond donors (Lipinski definition) is 0. The SMILES string of the molecule is C=CCN(C)C.CCOCC.Cl. The fraction of sp³-hybridized carbons (Fsp3) is 0.778. The van der Waals surface area contributed by atoms with Crippen molar-refractivity contribution in [3.63, 3.8) is 0 Å². The van der Waals surface area contributed by atoms with Crippen LogP contribution in [0.3, 0.4) is 0 Å². The van der Waals surface area contributed by atoms with E-state index in [2.05, 4.69) is 11.5 Å². The molecule has 0 unspecified atom stereocenters. The summed E-state index contributed by atoms with van der Waals surface area (Å²) >= 11 is 0. The molecule has 0 radical (unpaired) electrons. The molecule has 0 rings (SSSR count). The average molecular weight is 196 g/mol. The van der Waals surface area contributed by atoms with Gasteiger partial charge in [0.05, 0.1) is 0 Å². The largest absolute Gasteiger partial charge is 0.382 e. The van der Waals surface area contributed by atoms with Crippen molar-refractivity contribution < 1.29 is 4.74 Å². The van der Waals surface area contributed by atoms with Crippen LogP contribution in [0.15, 0.2) is 12.7 Å². The molecule has 3 heteroatoms. The molecule has 0 aromatic heterocycles. The fourth-order valence-electron chi connectivity index (χ4n) is 0.462. The van der Waals surface area contributed by atoms with Gasteiger partial charge < -0.3 is 9.64 Å². The Kier molecular flexibility index (Phi) is 25.6. The standard InChI is InChI=1S/C5H11N.C4H10O.ClH/c1-4-5-6(2)3;1-3-5-4-2;/h4H,1,5H2,2-3H3;3-4H2,1-2H3;1H. The van der Waals surface area contributed by atoms with Crippen LogP contribution in [0.4, 0.5) is 0 Å². The van der Waals surface area contributed by atoms with Crippen LogP contribution in [-0.4, -0.2) is 38.8 Å². The molecule has 0 atom stereocenters. The van der Waals surface area contributed by atoms with E-state index in [1.165, 1.54) is 0 Å². The number of hydrogen-bond acceptors (Lipinski definition) is 2. The molecule has 0 aromatic carbocycles. The minimum absolute atomic E-state index is 0. The molecule has 0 spiro atoms. The third kappa shape index (κ3) is 32.5. The molecule has 0 aliphatic rings. The summed E-state index contributed by atoms with van der Waals surface area (Å²) in [5.74, 6) is 0. The second-order valence-corrected chi connectivity index (χ2v) is 2.33. The number of halogens is 1. The molecular weight excluding hydrogens is 174 g/mol. The van der Waals surface area contributed by atoms with Crippen LogP contribution in [0.2, 0.25) is 0 Å². The zero-order valence-corrected chi connectivity index (χ0v) is 9.49. The molecule has 0 saturated carbocycles. The lowest BCUT2D eigenvalue weighted by atomic mass is 10.6. The van der Waals surface area contributed by atoms with Gasteiger partial charge >= 0.3 is 0 Å². The van der Waals surface area contributed by atoms with Gasteiger partial charge in [0, 0.05) is 19.8 Å². The molecule has 76 valence electrons. The van der Waals surface area contributed by atoms with Crippen molar-refractivity contribution in [3.05, 3.63) is 12.7 Å². The summed E-state index contributed by atoms with van der Waals surface area (Å²) in [6.45, 7) is 10.2. The van der Waals surface area contributed by atoms with E-state index < -0.39 is 0 Å². The Labute approximate surface area is 83.0 Å². The highest BCUT2D eigenvalue weighted by molar-refractivity contribution is 5.85. The van der Waals surface area contributed by atoms with Crippen LogP contribution in [-0.2, 0) is 4.74 Å². The molecule has 12 heavy (non-hydrogen) atoms. The lowest BCUT2D eigenvalue weighted by molar-refractivity contribution is 0.162. The number of rotatable bonds is 4. The van der Waals surface area contributed by atoms with Gasteiger partial charge in [-0.2, -0.15) is 0 Å². The van der Waals surface area contributed by atoms with Gasteiger partial charge in [-0.05, 0) is 27.9 Å². The monoisotopic (exact) mass is 195 g/mol. The zero-order valence-electron chi connectivity index (χ0n) is 8.67. The maximum Gasteiger partial charge on any atom is 0.0437 e. The van der Waals surface area contributed by atoms with Gasteiger partial charge in [-0.1, -0.05) is 6.08 Å². The first kappa shape index (κ1) is 17.9. The summed E-state index contributed by atoms with van der Waals surface area (Å²) in [4.78, 5) is 2.06. The molecular formula is C9H22ClNO. The van der Waals surface area contributed by atoms with E-state index in [9.17, 15) is 0 Å². The van der Waals surface area contributed by atoms with Crippen LogP contribution in [0.25, 0.3) is 0 Å². The molecule has 2 nitrogen and oxygen atoms in total. The maximum atomic E-state index is 4.83. The first-order chi connectivity index (χ1) is 5.18. The Balaban J connectivity index is -0.000000126. The lowest BCUT2D eigenvalue weighted by Crippen LogP contribution is -2.09. The van der Waals surface area contributed by atoms with Gasteiger partial charge in [0.1, 0.15) is 0 Å². The van der Waals surface area contributed by atoms with Gasteiger partial charge in [-0.3, -0.25) is 0 Å². The van der Waals surface area contributed by atoms with Gasteiger partial charge in [0.25, 0.3) is 0 Å². The molecule has 0 aliphatic carbocycles. The van der Waals surface area contributed by atoms with Crippen LogP contribution >= 0.6 is 12.4 Å². The van der Waals surface area contributed by atoms with E-state index in [4.69, 9.17) is 4.74 Å². The van der Waals surface area contributed by atoms with E-state index in [1.807, 2.05) is 34.0 Å². The summed E-state index contributed by atoms with van der Waals surface area (Å²) in [5, 5.41) is 0. The number of likely N-dealkylation sites (N-methyl/N-ethyl adjacent to an activating group) is 1. The summed E-state index contributed by atoms with van der Waals surface area (Å²) < 4.78 is 4.83. The molecule has 0 fully saturated rings. The van der Waals surface area contributed by atoms with Gasteiger partial charge in [0.15, 0.2) is 0 Å². The minimum Gasteiger partial charge on any atom is -0.382 e. The summed E-state index contributed by atoms with van der Waals surface area (Å²) in [7, 11) is 4.03. The van der Waals surface area contributed by atoms with Crippen LogP contribution in [0, 0.1) is 0 Å². The Morgan fingerprint density at radius 1 is 1.25 bits per heavy atom. The van der Waals surface area contributed by atoms with Crippen molar-refractivity contribution in [2.75, 3.05) is 33.9 Å². The quantitative estimate of drug-likeness (QED) is 0.638. The van der Waals surface area contributed by atoms with Crippen molar-refractivity contribution in [1.82, 2.24) is 4.90 Å². The third-order valence-corrected chi connectivity index (χ3v) is 0.902. The second kappa shape index (κ2) is 17.2. The van der Waals surface area contributed by atoms with Crippen molar-refractivity contribution in [1.29, 1.82) is 0 Å². The second-order valence-electron chi connectivity index (χ2n) is 2.33. The van der Waals surface area contributed by atoms with Crippen molar-refractivity contribution in [3.8, 4) is 0 Å². The first-order valence-corrected chi connectivity index (χ1v) is 4.02. The van der Waals surface area contributed by atoms with E-state index in [0.29, 0.717) is 0 Å². The van der Waals surface area contributed by atoms with E-state index in [-0.39, 0.29) is 12.4 Å². The highest BCUT2D eigenvalue weighted by Gasteiger charge is 1.75. The third-order valence-electron chi connectivity index (χ3n) is 0.902. The zero-order chi connectivity index (χ0) is 9.11. The van der Waals surface area contributed by atoms with Gasteiger partial charge in [-0.25, -0.2) is 0 Å². The van der Waals surface area contributed by atoms with E-state index in [0.717, 1.165) is 19.8 Å². The molecule has 0 bridgehead atoms. The van der Waals surface area contributed by atoms with Crippen LogP contribution < -0.4 is 0 Å². The normalized spacial score (nSPS) is 8.08. The Bertz CT molecular complexity index is 74.9. The Morgan fingerprint density at radius 2 is 1.67 bits per heavy atom. The topological polar surface area (TPSA) is 12.5 Å². The molecule has 0 N–H and O–H groups in total. The summed E-state index contributed by atoms with van der Waals surface area (Å²) in [6.07, 6.45) is 1.88. The predicted molar refractivity (Wildman–Crippen MR) is 58.2 cm³/mol. The van der Waals surface area contributed by atoms with E-state index >= 15 is 0 Å². The minimum atomic E-state index is 0. The average Bonchev–Trinajstić information content (AvgIpc) is 1.90. The Hall–Kier alpha value is -0.0500. The van der Waals surface area contributed by atoms with Crippen molar-refractivity contribution in [2.24, 2.45) is 0 Å². The number of ether oxygens (including phenoxy) is 1. The lowest BCUT2D eigenvalue weighted by Gasteiger charge is -2.01.